The molecule has 5 heavy (non-hydrogen) atoms. The molecule has 0 aromatic carbocycles. The van der Waals surface area contributed by atoms with E-state index in [0.717, 1.165) is 0 Å². The smallest absolute Gasteiger partial charge is 0.358 e. The zero-order valence-electron chi connectivity index (χ0n) is 3.72. The Hall–Kier alpha value is 1.60. The SMILES string of the molecule is P.P.[Ag+].[CH3-].[CH3-]. The van der Waals surface area contributed by atoms with Gasteiger partial charge in [0, 0.05) is 0 Å². The van der Waals surface area contributed by atoms with Gasteiger partial charge >= 0.3 is 22.4 Å². The third kappa shape index (κ3) is 28.3. The average Bonchev–Trinajstić information content (AvgIpc) is 0. The first-order valence-corrected chi connectivity index (χ1v) is 0. The summed E-state index contributed by atoms with van der Waals surface area (Å²) >= 11 is 0. The van der Waals surface area contributed by atoms with E-state index in [9.17, 15) is 0 Å². The normalized spacial score (nSPS) is 0. The van der Waals surface area contributed by atoms with Crippen LogP contribution in [0.4, 0.5) is 0 Å². The minimum absolute atomic E-state index is 0. The minimum Gasteiger partial charge on any atom is -0.358 e. The molecule has 0 spiro atoms. The summed E-state index contributed by atoms with van der Waals surface area (Å²) in [5.74, 6) is 0. The molecule has 0 rings (SSSR count). The molecule has 0 nitrogen and oxygen atoms in total. The van der Waals surface area contributed by atoms with Gasteiger partial charge < -0.3 is 14.9 Å². The van der Waals surface area contributed by atoms with E-state index in [1.807, 2.05) is 0 Å². The van der Waals surface area contributed by atoms with E-state index in [4.69, 9.17) is 0 Å². The van der Waals surface area contributed by atoms with Crippen molar-refractivity contribution in [2.24, 2.45) is 0 Å². The largest absolute Gasteiger partial charge is 1.00 e. The van der Waals surface area contributed by atoms with Crippen LogP contribution in [0.1, 0.15) is 0 Å². The predicted molar refractivity (Wildman–Crippen MR) is 35.0 cm³/mol. The van der Waals surface area contributed by atoms with Crippen molar-refractivity contribution in [1.82, 2.24) is 0 Å². The van der Waals surface area contributed by atoms with Gasteiger partial charge in [-0.1, -0.05) is 0 Å². The van der Waals surface area contributed by atoms with Crippen LogP contribution in [0, 0.1) is 14.9 Å². The molecule has 42 valence electrons. The van der Waals surface area contributed by atoms with Crippen molar-refractivity contribution in [3.63, 3.8) is 0 Å². The molecular weight excluding hydrogens is 194 g/mol. The molecule has 0 heterocycles. The first-order chi connectivity index (χ1) is 0. The van der Waals surface area contributed by atoms with Crippen LogP contribution in [0.3, 0.4) is 0 Å². The molecule has 0 aliphatic carbocycles. The molecule has 0 fully saturated rings. The van der Waals surface area contributed by atoms with Crippen molar-refractivity contribution < 1.29 is 22.4 Å². The Morgan fingerprint density at radius 1 is 0.600 bits per heavy atom. The summed E-state index contributed by atoms with van der Waals surface area (Å²) in [4.78, 5) is 0. The van der Waals surface area contributed by atoms with Crippen LogP contribution in [0.5, 0.6) is 0 Å². The molecular formula is C2H12AgP2-. The fraction of sp³-hybridized carbons (Fsp3) is 0. The molecule has 0 aromatic rings. The fourth-order valence-corrected chi connectivity index (χ4v) is 0. The summed E-state index contributed by atoms with van der Waals surface area (Å²) in [7, 11) is 0. The van der Waals surface area contributed by atoms with Crippen molar-refractivity contribution in [3.8, 4) is 0 Å². The van der Waals surface area contributed by atoms with E-state index in [1.165, 1.54) is 0 Å². The molecule has 0 aromatic heterocycles. The third-order valence-corrected chi connectivity index (χ3v) is 0. The van der Waals surface area contributed by atoms with E-state index in [-0.39, 0.29) is 57.0 Å². The third-order valence-electron chi connectivity index (χ3n) is 0. The number of hydrogen-bond acceptors (Lipinski definition) is 0. The van der Waals surface area contributed by atoms with E-state index in [1.54, 1.807) is 0 Å². The zero-order chi connectivity index (χ0) is 0. The van der Waals surface area contributed by atoms with Gasteiger partial charge in [0.1, 0.15) is 0 Å². The Labute approximate surface area is 57.2 Å². The van der Waals surface area contributed by atoms with Crippen LogP contribution in [-0.4, -0.2) is 0 Å². The molecule has 0 bridgehead atoms. The maximum atomic E-state index is 0. The van der Waals surface area contributed by atoms with Gasteiger partial charge in [-0.15, -0.1) is 0 Å². The molecule has 2 atom stereocenters. The Morgan fingerprint density at radius 2 is 0.600 bits per heavy atom. The van der Waals surface area contributed by atoms with E-state index < -0.39 is 0 Å². The number of hydrogen-bond donors (Lipinski definition) is 0. The Balaban J connectivity index is 0. The molecule has 0 saturated carbocycles. The quantitative estimate of drug-likeness (QED) is 0.315. The first-order valence-electron chi connectivity index (χ1n) is 0. The van der Waals surface area contributed by atoms with Gasteiger partial charge in [-0.05, 0) is 0 Å². The molecule has 0 radical (unpaired) electrons. The Kier molecular flexibility index (Phi) is 748. The summed E-state index contributed by atoms with van der Waals surface area (Å²) in [6.07, 6.45) is 0. The maximum absolute atomic E-state index is 0. The Bertz CT molecular complexity index is 7.61. The van der Waals surface area contributed by atoms with Crippen molar-refractivity contribution in [2.75, 3.05) is 0 Å². The van der Waals surface area contributed by atoms with Gasteiger partial charge in [-0.2, -0.15) is 19.8 Å². The van der Waals surface area contributed by atoms with Gasteiger partial charge in [0.05, 0.1) is 0 Å². The molecule has 0 amide bonds. The minimum atomic E-state index is 0. The van der Waals surface area contributed by atoms with Crippen LogP contribution in [0.25, 0.3) is 0 Å². The number of rotatable bonds is 0. The van der Waals surface area contributed by atoms with E-state index in [0.29, 0.717) is 0 Å². The van der Waals surface area contributed by atoms with Gasteiger partial charge in [0.15, 0.2) is 0 Å². The summed E-state index contributed by atoms with van der Waals surface area (Å²) in [5.41, 5.74) is 0. The predicted octanol–water partition coefficient (Wildman–Crippen LogP) is 1.01. The van der Waals surface area contributed by atoms with E-state index >= 15 is 0 Å². The Morgan fingerprint density at radius 3 is 0.600 bits per heavy atom. The second-order valence-corrected chi connectivity index (χ2v) is 0. The zero-order valence-corrected chi connectivity index (χ0v) is 8.03. The standard InChI is InChI=1S/2CH3.Ag.2H3P/h2*1H3;;2*1H3/q2*-1;+1;;. The first kappa shape index (κ1) is 80.8. The van der Waals surface area contributed by atoms with Crippen LogP contribution in [0.15, 0.2) is 0 Å². The molecule has 0 saturated heterocycles. The topological polar surface area (TPSA) is 0 Å². The maximum Gasteiger partial charge on any atom is 1.00 e. The average molecular weight is 206 g/mol. The van der Waals surface area contributed by atoms with Crippen LogP contribution >= 0.6 is 19.8 Å². The monoisotopic (exact) mass is 205 g/mol. The van der Waals surface area contributed by atoms with Crippen LogP contribution in [-0.2, 0) is 22.4 Å². The van der Waals surface area contributed by atoms with Gasteiger partial charge in [-0.25, -0.2) is 0 Å². The summed E-state index contributed by atoms with van der Waals surface area (Å²) < 4.78 is 0. The fourth-order valence-electron chi connectivity index (χ4n) is 0. The molecule has 2 unspecified atom stereocenters. The van der Waals surface area contributed by atoms with Crippen LogP contribution < -0.4 is 0 Å². The molecule has 3 heteroatoms. The van der Waals surface area contributed by atoms with Gasteiger partial charge in [0.25, 0.3) is 0 Å². The second kappa shape index (κ2) is 46.3. The van der Waals surface area contributed by atoms with Crippen molar-refractivity contribution in [2.45, 2.75) is 0 Å². The summed E-state index contributed by atoms with van der Waals surface area (Å²) in [5, 5.41) is 0. The van der Waals surface area contributed by atoms with Crippen molar-refractivity contribution in [1.29, 1.82) is 0 Å². The second-order valence-electron chi connectivity index (χ2n) is 0. The van der Waals surface area contributed by atoms with Gasteiger partial charge in [-0.3, -0.25) is 0 Å². The van der Waals surface area contributed by atoms with Crippen LogP contribution in [0.2, 0.25) is 0 Å². The molecule has 0 N–H and O–H groups in total. The summed E-state index contributed by atoms with van der Waals surface area (Å²) in [6, 6.07) is 0. The van der Waals surface area contributed by atoms with Gasteiger partial charge in [0.2, 0.25) is 0 Å². The molecule has 0 aliphatic heterocycles. The van der Waals surface area contributed by atoms with Crippen molar-refractivity contribution >= 4 is 19.8 Å². The van der Waals surface area contributed by atoms with E-state index in [2.05, 4.69) is 0 Å². The summed E-state index contributed by atoms with van der Waals surface area (Å²) in [6.45, 7) is 0. The molecule has 0 aliphatic rings. The van der Waals surface area contributed by atoms with Crippen molar-refractivity contribution in [3.05, 3.63) is 14.9 Å².